The fourth-order valence-electron chi connectivity index (χ4n) is 3.33. The maximum absolute atomic E-state index is 13.8. The van der Waals surface area contributed by atoms with E-state index in [9.17, 15) is 18.4 Å². The minimum Gasteiger partial charge on any atom is -0.340 e. The average molecular weight is 372 g/mol. The zero-order valence-corrected chi connectivity index (χ0v) is 15.3. The standard InChI is InChI=1S/C21H22F2N2O2/c1-12(2)19(25-20(26)18-16(22)7-4-8-17(18)23)21(27)24-15-10-9-13-5-3-6-14(13)11-15/h4,7-12,19H,3,5-6H2,1-2H3,(H,24,27)(H,25,26)/t19-/m0/s1. The van der Waals surface area contributed by atoms with Crippen molar-refractivity contribution in [3.05, 3.63) is 64.7 Å². The van der Waals surface area contributed by atoms with Crippen LogP contribution in [0.25, 0.3) is 0 Å². The predicted molar refractivity (Wildman–Crippen MR) is 99.5 cm³/mol. The maximum atomic E-state index is 13.8. The highest BCUT2D eigenvalue weighted by Gasteiger charge is 2.27. The molecule has 0 bridgehead atoms. The molecule has 3 rings (SSSR count). The fraction of sp³-hybridized carbons (Fsp3) is 0.333. The summed E-state index contributed by atoms with van der Waals surface area (Å²) in [6.45, 7) is 3.51. The van der Waals surface area contributed by atoms with Gasteiger partial charge >= 0.3 is 0 Å². The summed E-state index contributed by atoms with van der Waals surface area (Å²) in [6.07, 6.45) is 3.13. The van der Waals surface area contributed by atoms with Gasteiger partial charge in [0.25, 0.3) is 5.91 Å². The van der Waals surface area contributed by atoms with Crippen LogP contribution in [0, 0.1) is 17.6 Å². The van der Waals surface area contributed by atoms with Crippen molar-refractivity contribution in [1.29, 1.82) is 0 Å². The third-order valence-electron chi connectivity index (χ3n) is 4.79. The highest BCUT2D eigenvalue weighted by molar-refractivity contribution is 6.01. The molecule has 1 aliphatic rings. The van der Waals surface area contributed by atoms with E-state index in [2.05, 4.69) is 10.6 Å². The van der Waals surface area contributed by atoms with Crippen molar-refractivity contribution in [3.8, 4) is 0 Å². The molecule has 1 atom stereocenters. The molecule has 2 amide bonds. The normalized spacial score (nSPS) is 14.0. The molecule has 1 aliphatic carbocycles. The number of benzene rings is 2. The van der Waals surface area contributed by atoms with Crippen molar-refractivity contribution >= 4 is 17.5 Å². The zero-order chi connectivity index (χ0) is 19.6. The van der Waals surface area contributed by atoms with Crippen LogP contribution in [0.1, 0.15) is 41.8 Å². The zero-order valence-electron chi connectivity index (χ0n) is 15.3. The Balaban J connectivity index is 1.75. The van der Waals surface area contributed by atoms with Gasteiger partial charge in [0.1, 0.15) is 23.2 Å². The first-order valence-electron chi connectivity index (χ1n) is 9.04. The quantitative estimate of drug-likeness (QED) is 0.838. The molecule has 2 aromatic carbocycles. The molecule has 0 spiro atoms. The van der Waals surface area contributed by atoms with Gasteiger partial charge in [-0.15, -0.1) is 0 Å². The lowest BCUT2D eigenvalue weighted by atomic mass is 10.0. The third-order valence-corrected chi connectivity index (χ3v) is 4.79. The van der Waals surface area contributed by atoms with Gasteiger partial charge in [0, 0.05) is 5.69 Å². The van der Waals surface area contributed by atoms with Gasteiger partial charge < -0.3 is 10.6 Å². The second kappa shape index (κ2) is 7.86. The molecule has 142 valence electrons. The molecule has 0 unspecified atom stereocenters. The van der Waals surface area contributed by atoms with Crippen LogP contribution in [-0.4, -0.2) is 17.9 Å². The number of rotatable bonds is 5. The van der Waals surface area contributed by atoms with Gasteiger partial charge in [-0.25, -0.2) is 8.78 Å². The van der Waals surface area contributed by atoms with Gasteiger partial charge in [0.15, 0.2) is 0 Å². The molecule has 0 saturated carbocycles. The van der Waals surface area contributed by atoms with Crippen LogP contribution in [0.2, 0.25) is 0 Å². The number of hydrogen-bond acceptors (Lipinski definition) is 2. The molecule has 0 saturated heterocycles. The van der Waals surface area contributed by atoms with Crippen LogP contribution >= 0.6 is 0 Å². The van der Waals surface area contributed by atoms with Crippen LogP contribution in [0.4, 0.5) is 14.5 Å². The van der Waals surface area contributed by atoms with E-state index >= 15 is 0 Å². The van der Waals surface area contributed by atoms with Crippen molar-refractivity contribution in [3.63, 3.8) is 0 Å². The summed E-state index contributed by atoms with van der Waals surface area (Å²) in [4.78, 5) is 25.0. The topological polar surface area (TPSA) is 58.2 Å². The number of nitrogens with one attached hydrogen (secondary N) is 2. The van der Waals surface area contributed by atoms with E-state index in [0.29, 0.717) is 5.69 Å². The summed E-state index contributed by atoms with van der Waals surface area (Å²) in [5.74, 6) is -3.57. The number of amides is 2. The SMILES string of the molecule is CC(C)[C@H](NC(=O)c1c(F)cccc1F)C(=O)Nc1ccc2c(c1)CCC2. The van der Waals surface area contributed by atoms with E-state index in [-0.39, 0.29) is 5.92 Å². The largest absolute Gasteiger partial charge is 0.340 e. The molecule has 2 aromatic rings. The van der Waals surface area contributed by atoms with Crippen molar-refractivity contribution in [1.82, 2.24) is 5.32 Å². The van der Waals surface area contributed by atoms with Crippen LogP contribution < -0.4 is 10.6 Å². The Kier molecular flexibility index (Phi) is 5.54. The summed E-state index contributed by atoms with van der Waals surface area (Å²) in [5.41, 5.74) is 2.47. The minimum absolute atomic E-state index is 0.266. The molecule has 27 heavy (non-hydrogen) atoms. The maximum Gasteiger partial charge on any atom is 0.257 e. The van der Waals surface area contributed by atoms with Crippen molar-refractivity contribution in [2.24, 2.45) is 5.92 Å². The summed E-state index contributed by atoms with van der Waals surface area (Å²) in [6, 6.07) is 8.04. The lowest BCUT2D eigenvalue weighted by Crippen LogP contribution is -2.47. The van der Waals surface area contributed by atoms with Crippen molar-refractivity contribution < 1.29 is 18.4 Å². The lowest BCUT2D eigenvalue weighted by Gasteiger charge is -2.22. The van der Waals surface area contributed by atoms with Crippen LogP contribution in [-0.2, 0) is 17.6 Å². The monoisotopic (exact) mass is 372 g/mol. The molecular formula is C21H22F2N2O2. The first kappa shape index (κ1) is 19.0. The highest BCUT2D eigenvalue weighted by atomic mass is 19.1. The molecule has 6 heteroatoms. The second-order valence-electron chi connectivity index (χ2n) is 7.12. The Morgan fingerprint density at radius 2 is 1.67 bits per heavy atom. The Hall–Kier alpha value is -2.76. The van der Waals surface area contributed by atoms with Gasteiger partial charge in [0.05, 0.1) is 0 Å². The number of hydrogen-bond donors (Lipinski definition) is 2. The Bertz CT molecular complexity index is 860. The van der Waals surface area contributed by atoms with E-state index < -0.39 is 35.1 Å². The number of anilines is 1. The van der Waals surface area contributed by atoms with E-state index in [1.165, 1.54) is 17.2 Å². The number of fused-ring (bicyclic) bond motifs is 1. The van der Waals surface area contributed by atoms with Crippen LogP contribution in [0.3, 0.4) is 0 Å². The molecule has 0 fully saturated rings. The smallest absolute Gasteiger partial charge is 0.257 e. The Morgan fingerprint density at radius 3 is 2.33 bits per heavy atom. The first-order chi connectivity index (χ1) is 12.9. The van der Waals surface area contributed by atoms with Gasteiger partial charge in [0.2, 0.25) is 5.91 Å². The molecule has 0 aliphatic heterocycles. The predicted octanol–water partition coefficient (Wildman–Crippen LogP) is 3.85. The Morgan fingerprint density at radius 1 is 1.00 bits per heavy atom. The Labute approximate surface area is 157 Å². The summed E-state index contributed by atoms with van der Waals surface area (Å²) in [5, 5.41) is 5.25. The van der Waals surface area contributed by atoms with E-state index in [4.69, 9.17) is 0 Å². The average Bonchev–Trinajstić information content (AvgIpc) is 3.06. The highest BCUT2D eigenvalue weighted by Crippen LogP contribution is 2.25. The number of carbonyl (C=O) groups is 2. The van der Waals surface area contributed by atoms with E-state index in [0.717, 1.165) is 31.4 Å². The molecular weight excluding hydrogens is 350 g/mol. The van der Waals surface area contributed by atoms with E-state index in [1.807, 2.05) is 18.2 Å². The van der Waals surface area contributed by atoms with Crippen LogP contribution in [0.5, 0.6) is 0 Å². The second-order valence-corrected chi connectivity index (χ2v) is 7.12. The number of halogens is 2. The summed E-state index contributed by atoms with van der Waals surface area (Å²) >= 11 is 0. The van der Waals surface area contributed by atoms with Crippen molar-refractivity contribution in [2.75, 3.05) is 5.32 Å². The van der Waals surface area contributed by atoms with Crippen molar-refractivity contribution in [2.45, 2.75) is 39.2 Å². The van der Waals surface area contributed by atoms with Gasteiger partial charge in [-0.05, 0) is 60.6 Å². The molecule has 0 radical (unpaired) electrons. The van der Waals surface area contributed by atoms with Gasteiger partial charge in [-0.3, -0.25) is 9.59 Å². The molecule has 4 nitrogen and oxygen atoms in total. The van der Waals surface area contributed by atoms with E-state index in [1.54, 1.807) is 13.8 Å². The molecule has 0 heterocycles. The van der Waals surface area contributed by atoms with Gasteiger partial charge in [-0.2, -0.15) is 0 Å². The summed E-state index contributed by atoms with van der Waals surface area (Å²) in [7, 11) is 0. The molecule has 0 aromatic heterocycles. The minimum atomic E-state index is -0.964. The number of carbonyl (C=O) groups excluding carboxylic acids is 2. The first-order valence-corrected chi connectivity index (χ1v) is 9.04. The third kappa shape index (κ3) is 4.15. The summed E-state index contributed by atoms with van der Waals surface area (Å²) < 4.78 is 27.7. The van der Waals surface area contributed by atoms with Crippen LogP contribution in [0.15, 0.2) is 36.4 Å². The molecule has 2 N–H and O–H groups in total. The lowest BCUT2D eigenvalue weighted by molar-refractivity contribution is -0.118. The number of aryl methyl sites for hydroxylation is 2. The van der Waals surface area contributed by atoms with Gasteiger partial charge in [-0.1, -0.05) is 26.0 Å². The fourth-order valence-corrected chi connectivity index (χ4v) is 3.33.